The summed E-state index contributed by atoms with van der Waals surface area (Å²) >= 11 is 15.5. The highest BCUT2D eigenvalue weighted by atomic mass is 35.6. The maximum Gasteiger partial charge on any atom is 0.497 e. The molecular formula is C74H137Cl3F3N3O18S9. The SMILES string of the molecule is C.C.CC(C)S(=O)(=O)C(C)(C)C.CC(C)S(=O)(=O)C(Cl)(Cl)Cl.CC(C)S(=O)(=O)C(F)(F)F.CC(C)S(=O)(=O)N1CC1.CC(C)S(=O)(=O)N1CCCC1.CC(C)S(=O)(=O)N1CCCCC1.CC(C)S(=O)(=O)c1ccccc1.CC(C)c1cc(C(C)C)c(S(=O)(=O)C(C)C)c(C(C)C)c1.Cc1ccc(S(=O)(=O)C(C)C)cc1. The molecule has 0 bridgehead atoms. The molecule has 0 saturated carbocycles. The van der Waals surface area contributed by atoms with Crippen molar-refractivity contribution in [1.29, 1.82) is 0 Å². The molecule has 3 aromatic carbocycles. The first-order chi connectivity index (χ1) is 48.2. The van der Waals surface area contributed by atoms with Gasteiger partial charge in [-0.25, -0.2) is 84.4 Å². The molecule has 0 unspecified atom stereocenters. The van der Waals surface area contributed by atoms with Crippen molar-refractivity contribution >= 4 is 124 Å². The number of nitrogens with zero attached hydrogens (tertiary/aromatic N) is 3. The summed E-state index contributed by atoms with van der Waals surface area (Å²) in [7, 11) is -29.7. The zero-order valence-electron chi connectivity index (χ0n) is 68.7. The molecule has 3 heterocycles. The topological polar surface area (TPSA) is 317 Å². The van der Waals surface area contributed by atoms with E-state index in [4.69, 9.17) is 34.8 Å². The zero-order valence-corrected chi connectivity index (χ0v) is 78.3. The molecule has 3 aromatic rings. The lowest BCUT2D eigenvalue weighted by atomic mass is 9.89. The Hall–Kier alpha value is -2.25. The number of hydrogen-bond donors (Lipinski definition) is 0. The number of sulfonamides is 3. The summed E-state index contributed by atoms with van der Waals surface area (Å²) < 4.78 is 242. The van der Waals surface area contributed by atoms with E-state index >= 15 is 0 Å². The van der Waals surface area contributed by atoms with Crippen LogP contribution in [0.3, 0.4) is 0 Å². The Labute approximate surface area is 682 Å². The summed E-state index contributed by atoms with van der Waals surface area (Å²) in [6, 6.07) is 19.6. The van der Waals surface area contributed by atoms with Gasteiger partial charge in [0.15, 0.2) is 39.3 Å². The first-order valence-corrected chi connectivity index (χ1v) is 51.0. The third-order valence-electron chi connectivity index (χ3n) is 16.7. The van der Waals surface area contributed by atoms with Crippen LogP contribution in [0.15, 0.2) is 81.4 Å². The van der Waals surface area contributed by atoms with Crippen LogP contribution in [0, 0.1) is 6.92 Å². The Morgan fingerprint density at radius 1 is 0.336 bits per heavy atom. The normalized spacial score (nSPS) is 15.3. The highest BCUT2D eigenvalue weighted by molar-refractivity contribution is 7.97. The molecule has 0 N–H and O–H groups in total. The Bertz CT molecular complexity index is 4130. The number of benzene rings is 3. The minimum Gasteiger partial charge on any atom is -0.228 e. The van der Waals surface area contributed by atoms with Crippen LogP contribution in [0.25, 0.3) is 0 Å². The maximum atomic E-state index is 12.9. The summed E-state index contributed by atoms with van der Waals surface area (Å²) in [5.74, 6) is 0.797. The van der Waals surface area contributed by atoms with Gasteiger partial charge in [0.25, 0.3) is 3.12 Å². The van der Waals surface area contributed by atoms with Gasteiger partial charge in [-0.05, 0) is 237 Å². The Balaban J connectivity index is -0.000000380. The zero-order chi connectivity index (χ0) is 86.3. The second-order valence-corrected chi connectivity index (χ2v) is 56.7. The van der Waals surface area contributed by atoms with Crippen molar-refractivity contribution in [3.8, 4) is 0 Å². The molecule has 0 atom stereocenters. The second-order valence-electron chi connectivity index (χ2n) is 30.4. The molecule has 36 heteroatoms. The summed E-state index contributed by atoms with van der Waals surface area (Å²) in [6.45, 7) is 53.0. The van der Waals surface area contributed by atoms with Gasteiger partial charge in [0.1, 0.15) is 0 Å². The van der Waals surface area contributed by atoms with Crippen LogP contribution in [0.1, 0.15) is 274 Å². The highest BCUT2D eigenvalue weighted by Gasteiger charge is 2.47. The minimum atomic E-state index is -5.11. The molecule has 3 aliphatic heterocycles. The van der Waals surface area contributed by atoms with Gasteiger partial charge in [-0.3, -0.25) is 0 Å². The van der Waals surface area contributed by atoms with Crippen LogP contribution in [-0.4, -0.2) is 189 Å². The summed E-state index contributed by atoms with van der Waals surface area (Å²) in [5, 5.41) is -4.20. The van der Waals surface area contributed by atoms with Gasteiger partial charge in [0.2, 0.25) is 49.7 Å². The van der Waals surface area contributed by atoms with Crippen LogP contribution in [0.5, 0.6) is 0 Å². The van der Waals surface area contributed by atoms with E-state index in [0.29, 0.717) is 20.6 Å². The molecule has 0 spiro atoms. The fourth-order valence-electron chi connectivity index (χ4n) is 8.83. The van der Waals surface area contributed by atoms with Crippen molar-refractivity contribution in [2.45, 2.75) is 334 Å². The predicted octanol–water partition coefficient (Wildman–Crippen LogP) is 17.7. The lowest BCUT2D eigenvalue weighted by Gasteiger charge is -2.27. The molecule has 652 valence electrons. The summed E-state index contributed by atoms with van der Waals surface area (Å²) in [5.41, 5.74) is -0.869. The number of aryl methyl sites for hydroxylation is 1. The number of sulfone groups is 6. The van der Waals surface area contributed by atoms with Crippen LogP contribution in [-0.2, 0) is 89.1 Å². The lowest BCUT2D eigenvalue weighted by Crippen LogP contribution is -2.39. The van der Waals surface area contributed by atoms with Gasteiger partial charge >= 0.3 is 5.51 Å². The molecular weight excluding hydrogens is 1670 g/mol. The maximum absolute atomic E-state index is 12.9. The molecule has 3 fully saturated rings. The Morgan fingerprint density at radius 3 is 0.800 bits per heavy atom. The lowest BCUT2D eigenvalue weighted by molar-refractivity contribution is -0.0442. The second kappa shape index (κ2) is 48.0. The van der Waals surface area contributed by atoms with Crippen molar-refractivity contribution in [3.05, 3.63) is 89.0 Å². The van der Waals surface area contributed by atoms with Gasteiger partial charge in [-0.1, -0.05) is 146 Å². The Morgan fingerprint density at radius 2 is 0.609 bits per heavy atom. The molecule has 3 saturated heterocycles. The van der Waals surface area contributed by atoms with Gasteiger partial charge < -0.3 is 0 Å². The van der Waals surface area contributed by atoms with Crippen molar-refractivity contribution in [2.24, 2.45) is 0 Å². The van der Waals surface area contributed by atoms with E-state index in [2.05, 4.69) is 53.7 Å². The molecule has 110 heavy (non-hydrogen) atoms. The third kappa shape index (κ3) is 36.3. The largest absolute Gasteiger partial charge is 0.497 e. The van der Waals surface area contributed by atoms with Gasteiger partial charge in [0.05, 0.1) is 66.7 Å². The van der Waals surface area contributed by atoms with Gasteiger partial charge in [-0.15, -0.1) is 0 Å². The molecule has 0 amide bonds. The van der Waals surface area contributed by atoms with E-state index in [9.17, 15) is 88.9 Å². The van der Waals surface area contributed by atoms with E-state index < -0.39 is 118 Å². The summed E-state index contributed by atoms with van der Waals surface area (Å²) in [4.78, 5) is 1.39. The molecule has 0 radical (unpaired) electrons. The van der Waals surface area contributed by atoms with Gasteiger partial charge in [-0.2, -0.15) is 17.5 Å². The number of halogens is 6. The average Bonchev–Trinajstić information content (AvgIpc) is 0.982. The fourth-order valence-corrected chi connectivity index (χ4v) is 20.7. The van der Waals surface area contributed by atoms with Crippen LogP contribution in [0.2, 0.25) is 0 Å². The van der Waals surface area contributed by atoms with Crippen molar-refractivity contribution in [1.82, 2.24) is 12.9 Å². The van der Waals surface area contributed by atoms with Crippen LogP contribution < -0.4 is 0 Å². The highest BCUT2D eigenvalue weighted by Crippen LogP contribution is 2.38. The fraction of sp³-hybridized carbons (Fsp3) is 0.757. The van der Waals surface area contributed by atoms with Crippen molar-refractivity contribution in [3.63, 3.8) is 0 Å². The van der Waals surface area contributed by atoms with E-state index in [1.165, 1.54) is 30.1 Å². The molecule has 3 aliphatic rings. The minimum absolute atomic E-state index is 0. The van der Waals surface area contributed by atoms with E-state index in [1.54, 1.807) is 169 Å². The van der Waals surface area contributed by atoms with Crippen LogP contribution >= 0.6 is 34.8 Å². The van der Waals surface area contributed by atoms with E-state index in [0.717, 1.165) is 95.5 Å². The standard InChI is InChI=1S/C18H30O2S.C10H14O2S.C9H12O2S.C8H17NO2S.C7H15NO2S.C7H16O2S.C5H11NO2S.C4H7Cl3O2S.C4H7F3O2S.2CH4/c1-11(2)15-9-16(12(3)4)18(17(10-15)13(5)6)21(19,20)14(7)8;1-8(2)13(11,12)10-6-4-9(3)5-7-10;2*1-8(2)12(10,11)9-6-4-3-5-7-9;1-7(2)11(9,10)8-5-3-4-6-8;1-6(2)10(8,9)7(3,4)5;1-5(2)9(7,8)6-3-4-6;2*1-3(2)10(8,9)4(5,6)7;;/h9-14H,1-8H3;4-8H,1-3H3;3-8H,1-2H3;8H,3-7H2,1-2H3;7H,3-6H2,1-2H3;6H,1-5H3;5H,3-4H2,1-2H3;2*3H,1-2H3;2*1H4. The van der Waals surface area contributed by atoms with Crippen molar-refractivity contribution < 1.29 is 88.9 Å². The number of piperidine rings is 1. The van der Waals surface area contributed by atoms with Crippen LogP contribution in [0.4, 0.5) is 13.2 Å². The first-order valence-electron chi connectivity index (χ1n) is 36.0. The van der Waals surface area contributed by atoms with Crippen molar-refractivity contribution in [2.75, 3.05) is 39.3 Å². The first kappa shape index (κ1) is 116. The third-order valence-corrected chi connectivity index (χ3v) is 38.8. The Kier molecular flexibility index (Phi) is 50.7. The van der Waals surface area contributed by atoms with E-state index in [-0.39, 0.29) is 58.2 Å². The summed E-state index contributed by atoms with van der Waals surface area (Å²) in [6.07, 6.45) is 5.25. The van der Waals surface area contributed by atoms with Gasteiger partial charge in [0, 0.05) is 39.3 Å². The predicted molar refractivity (Wildman–Crippen MR) is 455 cm³/mol. The quantitative estimate of drug-likeness (QED) is 0.0843. The number of alkyl halides is 6. The molecule has 0 aliphatic carbocycles. The molecule has 21 nitrogen and oxygen atoms in total. The van der Waals surface area contributed by atoms with E-state index in [1.807, 2.05) is 19.1 Å². The smallest absolute Gasteiger partial charge is 0.228 e. The number of hydrogen-bond acceptors (Lipinski definition) is 18. The molecule has 6 rings (SSSR count). The average molecular weight is 1810 g/mol. The number of rotatable bonds is 18. The monoisotopic (exact) mass is 1810 g/mol. The molecule has 0 aromatic heterocycles.